The molecule has 156 valence electrons. The zero-order chi connectivity index (χ0) is 21.4. The quantitative estimate of drug-likeness (QED) is 0.468. The Morgan fingerprint density at radius 3 is 2.57 bits per heavy atom. The lowest BCUT2D eigenvalue weighted by atomic mass is 9.94. The van der Waals surface area contributed by atoms with Gasteiger partial charge in [0.15, 0.2) is 0 Å². The number of aromatic nitrogens is 3. The maximum Gasteiger partial charge on any atom is 0.223 e. The number of hydrogen-bond acceptors (Lipinski definition) is 7. The molecule has 0 fully saturated rings. The summed E-state index contributed by atoms with van der Waals surface area (Å²) in [5.74, 6) is 0.848. The van der Waals surface area contributed by atoms with Crippen LogP contribution in [0.2, 0.25) is 0 Å². The van der Waals surface area contributed by atoms with Crippen molar-refractivity contribution < 1.29 is 12.8 Å². The van der Waals surface area contributed by atoms with Crippen molar-refractivity contribution in [2.75, 3.05) is 12.8 Å². The molecular formula is C21H22N4O3S2. The number of benzene rings is 2. The first kappa shape index (κ1) is 20.6. The van der Waals surface area contributed by atoms with Crippen LogP contribution in [0.15, 0.2) is 52.9 Å². The summed E-state index contributed by atoms with van der Waals surface area (Å²) >= 11 is 1.60. The Bertz CT molecular complexity index is 1280. The van der Waals surface area contributed by atoms with Crippen LogP contribution < -0.4 is 4.72 Å². The molecule has 0 saturated heterocycles. The van der Waals surface area contributed by atoms with Crippen LogP contribution in [0, 0.1) is 0 Å². The molecule has 0 amide bonds. The number of hydrogen-bond donors (Lipinski definition) is 1. The molecule has 0 radical (unpaired) electrons. The minimum atomic E-state index is -3.29. The van der Waals surface area contributed by atoms with Gasteiger partial charge in [-0.15, -0.1) is 21.5 Å². The fraction of sp³-hybridized carbons (Fsp3) is 0.286. The van der Waals surface area contributed by atoms with Crippen molar-refractivity contribution in [3.63, 3.8) is 0 Å². The number of rotatable bonds is 7. The summed E-state index contributed by atoms with van der Waals surface area (Å²) in [7, 11) is -3.29. The van der Waals surface area contributed by atoms with Crippen molar-refractivity contribution in [2.24, 2.45) is 0 Å². The van der Waals surface area contributed by atoms with E-state index in [1.807, 2.05) is 38.1 Å². The highest BCUT2D eigenvalue weighted by Crippen LogP contribution is 2.29. The first-order chi connectivity index (χ1) is 14.2. The first-order valence-corrected chi connectivity index (χ1v) is 12.1. The molecular weight excluding hydrogens is 420 g/mol. The molecule has 0 aliphatic heterocycles. The van der Waals surface area contributed by atoms with Gasteiger partial charge >= 0.3 is 0 Å². The van der Waals surface area contributed by atoms with E-state index in [2.05, 4.69) is 44.2 Å². The van der Waals surface area contributed by atoms with Gasteiger partial charge in [0, 0.05) is 6.54 Å². The molecule has 1 N–H and O–H groups in total. The van der Waals surface area contributed by atoms with Crippen molar-refractivity contribution >= 4 is 31.6 Å². The van der Waals surface area contributed by atoms with E-state index < -0.39 is 15.4 Å². The van der Waals surface area contributed by atoms with Gasteiger partial charge in [-0.2, -0.15) is 0 Å². The Morgan fingerprint density at radius 1 is 1.07 bits per heavy atom. The Balaban J connectivity index is 1.52. The van der Waals surface area contributed by atoms with Crippen LogP contribution >= 0.6 is 11.3 Å². The van der Waals surface area contributed by atoms with Crippen molar-refractivity contribution in [1.29, 1.82) is 0 Å². The third-order valence-electron chi connectivity index (χ3n) is 4.66. The van der Waals surface area contributed by atoms with Crippen molar-refractivity contribution in [3.8, 4) is 11.1 Å². The molecule has 0 spiro atoms. The molecule has 0 atom stereocenters. The Hall–Kier alpha value is -2.62. The second-order valence-electron chi connectivity index (χ2n) is 7.81. The monoisotopic (exact) mass is 442 g/mol. The largest absolute Gasteiger partial charge is 0.424 e. The van der Waals surface area contributed by atoms with Crippen molar-refractivity contribution in [1.82, 2.24) is 19.9 Å². The number of sulfonamides is 1. The highest BCUT2D eigenvalue weighted by molar-refractivity contribution is 7.88. The van der Waals surface area contributed by atoms with Gasteiger partial charge in [0.25, 0.3) is 0 Å². The maximum absolute atomic E-state index is 11.4. The molecule has 9 heteroatoms. The van der Waals surface area contributed by atoms with Crippen LogP contribution in [0.25, 0.3) is 21.3 Å². The van der Waals surface area contributed by atoms with Gasteiger partial charge in [-0.25, -0.2) is 18.1 Å². The summed E-state index contributed by atoms with van der Waals surface area (Å²) in [4.78, 5) is 4.68. The van der Waals surface area contributed by atoms with Gasteiger partial charge < -0.3 is 4.42 Å². The maximum atomic E-state index is 11.4. The van der Waals surface area contributed by atoms with E-state index in [-0.39, 0.29) is 6.54 Å². The highest BCUT2D eigenvalue weighted by atomic mass is 32.2. The standard InChI is InChI=1S/C21H22N4O3S2/c1-21(2,13-22-30(3,26)27)20-25-24-18(28-20)12-19-23-16-10-9-15(11-17(16)29-19)14-7-5-4-6-8-14/h4-11,22H,12-13H2,1-3H3. The number of fused-ring (bicyclic) bond motifs is 1. The van der Waals surface area contributed by atoms with Gasteiger partial charge in [0.2, 0.25) is 21.8 Å². The molecule has 0 aliphatic carbocycles. The molecule has 7 nitrogen and oxygen atoms in total. The average Bonchev–Trinajstić information content (AvgIpc) is 3.33. The second-order valence-corrected chi connectivity index (χ2v) is 10.8. The van der Waals surface area contributed by atoms with Gasteiger partial charge in [0.1, 0.15) is 5.01 Å². The normalized spacial score (nSPS) is 12.5. The fourth-order valence-corrected chi connectivity index (χ4v) is 4.59. The lowest BCUT2D eigenvalue weighted by Crippen LogP contribution is -2.36. The lowest BCUT2D eigenvalue weighted by molar-refractivity contribution is 0.353. The van der Waals surface area contributed by atoms with Crippen molar-refractivity contribution in [3.05, 3.63) is 65.3 Å². The van der Waals surface area contributed by atoms with Crippen molar-refractivity contribution in [2.45, 2.75) is 25.7 Å². The topological polar surface area (TPSA) is 98.0 Å². The molecule has 2 aromatic carbocycles. The summed E-state index contributed by atoms with van der Waals surface area (Å²) in [5.41, 5.74) is 2.64. The van der Waals surface area contributed by atoms with Gasteiger partial charge in [0.05, 0.1) is 28.3 Å². The van der Waals surface area contributed by atoms with Crippen LogP contribution in [0.5, 0.6) is 0 Å². The zero-order valence-corrected chi connectivity index (χ0v) is 18.5. The molecule has 2 aromatic heterocycles. The van der Waals surface area contributed by atoms with Crippen LogP contribution in [-0.4, -0.2) is 36.4 Å². The SMILES string of the molecule is CC(C)(CNS(C)(=O)=O)c1nnc(Cc2nc3ccc(-c4ccccc4)cc3s2)o1. The first-order valence-electron chi connectivity index (χ1n) is 9.42. The Kier molecular flexibility index (Phi) is 5.44. The molecule has 4 rings (SSSR count). The molecule has 4 aromatic rings. The van der Waals surface area contributed by atoms with E-state index in [4.69, 9.17) is 4.42 Å². The lowest BCUT2D eigenvalue weighted by Gasteiger charge is -2.19. The molecule has 0 unspecified atom stereocenters. The van der Waals surface area contributed by atoms with E-state index in [1.54, 1.807) is 11.3 Å². The fourth-order valence-electron chi connectivity index (χ4n) is 2.97. The summed E-state index contributed by atoms with van der Waals surface area (Å²) in [6, 6.07) is 16.5. The average molecular weight is 443 g/mol. The summed E-state index contributed by atoms with van der Waals surface area (Å²) in [6.45, 7) is 3.88. The van der Waals surface area contributed by atoms with E-state index in [9.17, 15) is 8.42 Å². The Morgan fingerprint density at radius 2 is 1.83 bits per heavy atom. The predicted molar refractivity (Wildman–Crippen MR) is 118 cm³/mol. The number of nitrogens with one attached hydrogen (secondary N) is 1. The summed E-state index contributed by atoms with van der Waals surface area (Å²) in [6.07, 6.45) is 1.56. The minimum absolute atomic E-state index is 0.177. The van der Waals surface area contributed by atoms with Crippen LogP contribution in [0.3, 0.4) is 0 Å². The van der Waals surface area contributed by atoms with Crippen LogP contribution in [0.4, 0.5) is 0 Å². The van der Waals surface area contributed by atoms with E-state index in [1.165, 1.54) is 5.56 Å². The van der Waals surface area contributed by atoms with Gasteiger partial charge in [-0.05, 0) is 37.1 Å². The predicted octanol–water partition coefficient (Wildman–Crippen LogP) is 3.76. The van der Waals surface area contributed by atoms with Crippen LogP contribution in [-0.2, 0) is 21.9 Å². The zero-order valence-electron chi connectivity index (χ0n) is 16.9. The van der Waals surface area contributed by atoms with E-state index in [0.29, 0.717) is 18.2 Å². The summed E-state index contributed by atoms with van der Waals surface area (Å²) < 4.78 is 32.1. The molecule has 0 aliphatic rings. The molecule has 0 bridgehead atoms. The van der Waals surface area contributed by atoms with Gasteiger partial charge in [-0.1, -0.05) is 36.4 Å². The van der Waals surface area contributed by atoms with Crippen LogP contribution in [0.1, 0.15) is 30.6 Å². The number of nitrogens with zero attached hydrogens (tertiary/aromatic N) is 3. The molecule has 0 saturated carbocycles. The molecule has 30 heavy (non-hydrogen) atoms. The Labute approximate surface area is 179 Å². The smallest absolute Gasteiger partial charge is 0.223 e. The highest BCUT2D eigenvalue weighted by Gasteiger charge is 2.28. The van der Waals surface area contributed by atoms with E-state index in [0.717, 1.165) is 27.0 Å². The summed E-state index contributed by atoms with van der Waals surface area (Å²) in [5, 5.41) is 9.13. The van der Waals surface area contributed by atoms with Gasteiger partial charge in [-0.3, -0.25) is 0 Å². The second kappa shape index (κ2) is 7.90. The number of thiazole rings is 1. The molecule has 2 heterocycles. The van der Waals surface area contributed by atoms with E-state index >= 15 is 0 Å². The minimum Gasteiger partial charge on any atom is -0.424 e. The third-order valence-corrected chi connectivity index (χ3v) is 6.35. The third kappa shape index (κ3) is 4.75.